The molecule has 0 fully saturated rings. The molecule has 448 valence electrons. The Balaban J connectivity index is 4.62. The Hall–Kier alpha value is -2.04. The number of ether oxygens (including phenoxy) is 3. The zero-order chi connectivity index (χ0) is 55.5. The summed E-state index contributed by atoms with van der Waals surface area (Å²) in [5.41, 5.74) is 0. The molecule has 0 aliphatic carbocycles. The second kappa shape index (κ2) is 59.1. The van der Waals surface area contributed by atoms with E-state index < -0.39 is 57.8 Å². The quantitative estimate of drug-likeness (QED) is 0.0197. The highest BCUT2D eigenvalue weighted by atomic mass is 31.2. The van der Waals surface area contributed by atoms with Crippen LogP contribution >= 0.6 is 7.82 Å². The summed E-state index contributed by atoms with van der Waals surface area (Å²) in [5.74, 6) is -1.45. The number of aliphatic hydroxyl groups excluding tert-OH is 1. The summed E-state index contributed by atoms with van der Waals surface area (Å²) < 4.78 is 39.7. The van der Waals surface area contributed by atoms with Gasteiger partial charge in [-0.1, -0.05) is 263 Å². The zero-order valence-corrected chi connectivity index (χ0v) is 50.6. The van der Waals surface area contributed by atoms with Gasteiger partial charge in [0, 0.05) is 19.3 Å². The van der Waals surface area contributed by atoms with E-state index in [2.05, 4.69) is 45.1 Å². The number of rotatable bonds is 61. The molecule has 0 aromatic rings. The second-order valence-corrected chi connectivity index (χ2v) is 23.4. The van der Waals surface area contributed by atoms with Crippen molar-refractivity contribution in [3.63, 3.8) is 0 Å². The van der Waals surface area contributed by atoms with Crippen LogP contribution in [0.1, 0.15) is 329 Å². The zero-order valence-electron chi connectivity index (χ0n) is 49.7. The Kier molecular flexibility index (Phi) is 57.5. The third-order valence-corrected chi connectivity index (χ3v) is 15.3. The summed E-state index contributed by atoms with van der Waals surface area (Å²) in [4.78, 5) is 48.7. The summed E-state index contributed by atoms with van der Waals surface area (Å²) in [6.07, 6.45) is 61.3. The van der Waals surface area contributed by atoms with E-state index in [1.807, 2.05) is 0 Å². The summed E-state index contributed by atoms with van der Waals surface area (Å²) in [6, 6.07) is 0. The van der Waals surface area contributed by atoms with Gasteiger partial charge in [-0.3, -0.25) is 23.4 Å². The van der Waals surface area contributed by atoms with Crippen molar-refractivity contribution in [3.05, 3.63) is 24.3 Å². The number of allylic oxidation sites excluding steroid dienone is 4. The molecule has 0 saturated heterocycles. The van der Waals surface area contributed by atoms with Crippen molar-refractivity contribution in [3.8, 4) is 0 Å². The van der Waals surface area contributed by atoms with E-state index in [9.17, 15) is 28.9 Å². The van der Waals surface area contributed by atoms with Crippen molar-refractivity contribution in [1.82, 2.24) is 0 Å². The molecular weight excluding hydrogens is 976 g/mol. The van der Waals surface area contributed by atoms with Crippen LogP contribution in [0.25, 0.3) is 0 Å². The van der Waals surface area contributed by atoms with Crippen LogP contribution < -0.4 is 0 Å². The highest BCUT2D eigenvalue weighted by Gasteiger charge is 2.28. The summed E-state index contributed by atoms with van der Waals surface area (Å²) in [7, 11) is -4.75. The first-order valence-electron chi connectivity index (χ1n) is 32.2. The Morgan fingerprint density at radius 2 is 0.605 bits per heavy atom. The van der Waals surface area contributed by atoms with E-state index in [0.29, 0.717) is 19.3 Å². The first-order chi connectivity index (χ1) is 37.2. The van der Waals surface area contributed by atoms with Gasteiger partial charge in [0.15, 0.2) is 6.10 Å². The van der Waals surface area contributed by atoms with Gasteiger partial charge in [0.1, 0.15) is 12.7 Å². The lowest BCUT2D eigenvalue weighted by molar-refractivity contribution is -0.161. The van der Waals surface area contributed by atoms with Gasteiger partial charge in [-0.2, -0.15) is 0 Å². The van der Waals surface area contributed by atoms with Crippen molar-refractivity contribution in [2.45, 2.75) is 341 Å². The topological polar surface area (TPSA) is 155 Å². The van der Waals surface area contributed by atoms with E-state index in [4.69, 9.17) is 23.3 Å². The Morgan fingerprint density at radius 3 is 0.921 bits per heavy atom. The minimum absolute atomic E-state index is 0.173. The highest BCUT2D eigenvalue weighted by Crippen LogP contribution is 2.43. The molecule has 0 heterocycles. The molecule has 0 bridgehead atoms. The molecule has 0 aromatic heterocycles. The third kappa shape index (κ3) is 56.7. The van der Waals surface area contributed by atoms with Gasteiger partial charge in [-0.25, -0.2) is 4.57 Å². The van der Waals surface area contributed by atoms with Crippen LogP contribution in [0.3, 0.4) is 0 Å². The van der Waals surface area contributed by atoms with Crippen LogP contribution in [0.15, 0.2) is 24.3 Å². The van der Waals surface area contributed by atoms with Crippen LogP contribution in [-0.2, 0) is 42.2 Å². The van der Waals surface area contributed by atoms with Crippen LogP contribution in [0, 0.1) is 0 Å². The van der Waals surface area contributed by atoms with Crippen LogP contribution in [0.2, 0.25) is 0 Å². The van der Waals surface area contributed by atoms with Crippen LogP contribution in [0.4, 0.5) is 0 Å². The Labute approximate surface area is 468 Å². The first kappa shape index (κ1) is 74.0. The Morgan fingerprint density at radius 1 is 0.355 bits per heavy atom. The van der Waals surface area contributed by atoms with Gasteiger partial charge in [0.25, 0.3) is 0 Å². The summed E-state index contributed by atoms with van der Waals surface area (Å²) >= 11 is 0. The predicted octanol–water partition coefficient (Wildman–Crippen LogP) is 19.4. The molecular formula is C64H121O11P. The minimum Gasteiger partial charge on any atom is -0.462 e. The number of aliphatic hydroxyl groups is 1. The molecule has 0 aliphatic rings. The number of hydrogen-bond acceptors (Lipinski definition) is 10. The van der Waals surface area contributed by atoms with E-state index >= 15 is 0 Å². The molecule has 11 nitrogen and oxygen atoms in total. The van der Waals surface area contributed by atoms with Gasteiger partial charge < -0.3 is 24.2 Å². The fraction of sp³-hybridized carbons (Fsp3) is 0.891. The SMILES string of the molecule is CCCCCC/C=C\CCCCCCCC(=O)OCC(COP(=O)(O)OCC(CO)OC(=O)CCCCCCCCC/C=C\CCCCCCCC)OC(=O)CCCCCCCCCCCCCCCCCCCCC. The lowest BCUT2D eigenvalue weighted by atomic mass is 10.0. The molecule has 0 radical (unpaired) electrons. The summed E-state index contributed by atoms with van der Waals surface area (Å²) in [6.45, 7) is 4.69. The van der Waals surface area contributed by atoms with Gasteiger partial charge in [0.2, 0.25) is 0 Å². The van der Waals surface area contributed by atoms with Crippen molar-refractivity contribution < 1.29 is 52.2 Å². The lowest BCUT2D eigenvalue weighted by Crippen LogP contribution is -2.30. The molecule has 76 heavy (non-hydrogen) atoms. The lowest BCUT2D eigenvalue weighted by Gasteiger charge is -2.21. The number of carbonyl (C=O) groups is 3. The van der Waals surface area contributed by atoms with Crippen molar-refractivity contribution in [1.29, 1.82) is 0 Å². The van der Waals surface area contributed by atoms with Crippen molar-refractivity contribution in [2.75, 3.05) is 26.4 Å². The van der Waals surface area contributed by atoms with Crippen molar-refractivity contribution in [2.24, 2.45) is 0 Å². The predicted molar refractivity (Wildman–Crippen MR) is 316 cm³/mol. The molecule has 3 unspecified atom stereocenters. The van der Waals surface area contributed by atoms with Crippen LogP contribution in [0.5, 0.6) is 0 Å². The number of unbranched alkanes of at least 4 members (excludes halogenated alkanes) is 40. The number of phosphoric acid groups is 1. The molecule has 0 spiro atoms. The normalized spacial score (nSPS) is 13.4. The van der Waals surface area contributed by atoms with Gasteiger partial charge in [-0.15, -0.1) is 0 Å². The fourth-order valence-electron chi connectivity index (χ4n) is 9.41. The maximum absolute atomic E-state index is 12.9. The number of esters is 3. The highest BCUT2D eigenvalue weighted by molar-refractivity contribution is 7.47. The maximum atomic E-state index is 12.9. The van der Waals surface area contributed by atoms with Crippen molar-refractivity contribution >= 4 is 25.7 Å². The maximum Gasteiger partial charge on any atom is 0.472 e. The standard InChI is InChI=1S/C64H121O11P/c1-4-7-10-13-16-19-22-25-27-29-30-32-34-37-40-43-46-49-52-55-64(68)75-61(57-71-62(66)53-50-47-44-41-38-35-24-21-18-15-12-9-6-3)59-73-76(69,70)72-58-60(56-65)74-63(67)54-51-48-45-42-39-36-33-31-28-26-23-20-17-14-11-8-5-2/h21,24,26,28,60-61,65H,4-20,22-23,25,27,29-59H2,1-3H3,(H,69,70)/b24-21-,28-26-. The molecule has 12 heteroatoms. The average Bonchev–Trinajstić information content (AvgIpc) is 3.41. The largest absolute Gasteiger partial charge is 0.472 e. The van der Waals surface area contributed by atoms with Crippen LogP contribution in [-0.4, -0.2) is 66.5 Å². The molecule has 0 rings (SSSR count). The first-order valence-corrected chi connectivity index (χ1v) is 33.7. The molecule has 0 saturated carbocycles. The number of phosphoric ester groups is 1. The minimum atomic E-state index is -4.75. The molecule has 0 aromatic carbocycles. The van der Waals surface area contributed by atoms with E-state index in [1.54, 1.807) is 0 Å². The smallest absolute Gasteiger partial charge is 0.462 e. The summed E-state index contributed by atoms with van der Waals surface area (Å²) in [5, 5.41) is 9.85. The number of hydrogen-bond donors (Lipinski definition) is 2. The number of carbonyl (C=O) groups excluding carboxylic acids is 3. The average molecular weight is 1100 g/mol. The van der Waals surface area contributed by atoms with Gasteiger partial charge in [-0.05, 0) is 70.6 Å². The second-order valence-electron chi connectivity index (χ2n) is 21.9. The monoisotopic (exact) mass is 1100 g/mol. The molecule has 0 amide bonds. The fourth-order valence-corrected chi connectivity index (χ4v) is 10.2. The molecule has 0 aliphatic heterocycles. The van der Waals surface area contributed by atoms with Gasteiger partial charge >= 0.3 is 25.7 Å². The van der Waals surface area contributed by atoms with Gasteiger partial charge in [0.05, 0.1) is 19.8 Å². The van der Waals surface area contributed by atoms with E-state index in [0.717, 1.165) is 83.5 Å². The third-order valence-electron chi connectivity index (χ3n) is 14.3. The Bertz CT molecular complexity index is 1370. The van der Waals surface area contributed by atoms with E-state index in [1.165, 1.54) is 186 Å². The molecule has 2 N–H and O–H groups in total. The van der Waals surface area contributed by atoms with E-state index in [-0.39, 0.29) is 25.9 Å². The molecule has 3 atom stereocenters.